The molecule has 0 aliphatic rings. The SMILES string of the molecule is CCc1ccccc1Nc1nc(N)nc(CN[C@H](C)c2cccs2)n1. The lowest BCUT2D eigenvalue weighted by Crippen LogP contribution is -2.20. The van der Waals surface area contributed by atoms with Crippen LogP contribution in [0.15, 0.2) is 41.8 Å². The van der Waals surface area contributed by atoms with E-state index in [2.05, 4.69) is 56.9 Å². The van der Waals surface area contributed by atoms with Crippen LogP contribution in [-0.2, 0) is 13.0 Å². The molecule has 0 radical (unpaired) electrons. The Morgan fingerprint density at radius 3 is 2.72 bits per heavy atom. The number of para-hydroxylation sites is 1. The molecule has 0 bridgehead atoms. The summed E-state index contributed by atoms with van der Waals surface area (Å²) in [5.74, 6) is 1.30. The van der Waals surface area contributed by atoms with Gasteiger partial charge in [-0.25, -0.2) is 0 Å². The second-order valence-corrected chi connectivity index (χ2v) is 6.67. The zero-order valence-electron chi connectivity index (χ0n) is 14.4. The molecule has 0 unspecified atom stereocenters. The number of nitrogens with two attached hydrogens (primary N) is 1. The summed E-state index contributed by atoms with van der Waals surface area (Å²) in [7, 11) is 0. The van der Waals surface area contributed by atoms with Crippen LogP contribution < -0.4 is 16.4 Å². The van der Waals surface area contributed by atoms with Gasteiger partial charge in [-0.3, -0.25) is 0 Å². The molecule has 0 amide bonds. The van der Waals surface area contributed by atoms with Crippen LogP contribution >= 0.6 is 11.3 Å². The van der Waals surface area contributed by atoms with Crippen molar-refractivity contribution in [2.75, 3.05) is 11.1 Å². The molecule has 1 atom stereocenters. The van der Waals surface area contributed by atoms with Crippen LogP contribution in [-0.4, -0.2) is 15.0 Å². The fourth-order valence-corrected chi connectivity index (χ4v) is 3.29. The largest absolute Gasteiger partial charge is 0.368 e. The lowest BCUT2D eigenvalue weighted by molar-refractivity contribution is 0.566. The molecule has 7 heteroatoms. The van der Waals surface area contributed by atoms with Crippen molar-refractivity contribution in [2.24, 2.45) is 0 Å². The highest BCUT2D eigenvalue weighted by Crippen LogP contribution is 2.20. The molecule has 25 heavy (non-hydrogen) atoms. The lowest BCUT2D eigenvalue weighted by atomic mass is 10.1. The van der Waals surface area contributed by atoms with E-state index in [0.29, 0.717) is 18.3 Å². The minimum atomic E-state index is 0.215. The maximum atomic E-state index is 5.86. The first-order valence-electron chi connectivity index (χ1n) is 8.28. The molecule has 0 aliphatic heterocycles. The molecule has 0 fully saturated rings. The summed E-state index contributed by atoms with van der Waals surface area (Å²) < 4.78 is 0. The van der Waals surface area contributed by atoms with E-state index in [9.17, 15) is 0 Å². The molecule has 130 valence electrons. The number of aryl methyl sites for hydroxylation is 1. The van der Waals surface area contributed by atoms with Crippen LogP contribution in [0.25, 0.3) is 0 Å². The first-order chi connectivity index (χ1) is 12.2. The number of thiophene rings is 1. The summed E-state index contributed by atoms with van der Waals surface area (Å²) in [5, 5.41) is 8.74. The zero-order valence-corrected chi connectivity index (χ0v) is 15.2. The molecule has 3 rings (SSSR count). The van der Waals surface area contributed by atoms with Gasteiger partial charge >= 0.3 is 0 Å². The number of nitrogens with zero attached hydrogens (tertiary/aromatic N) is 3. The third kappa shape index (κ3) is 4.52. The number of rotatable bonds is 7. The van der Waals surface area contributed by atoms with E-state index in [1.807, 2.05) is 24.3 Å². The quantitative estimate of drug-likeness (QED) is 0.600. The highest BCUT2D eigenvalue weighted by molar-refractivity contribution is 7.10. The van der Waals surface area contributed by atoms with Gasteiger partial charge in [0.25, 0.3) is 0 Å². The van der Waals surface area contributed by atoms with Crippen molar-refractivity contribution < 1.29 is 0 Å². The van der Waals surface area contributed by atoms with Crippen LogP contribution in [0.1, 0.15) is 36.2 Å². The molecule has 3 aromatic rings. The molecular formula is C18H22N6S. The normalized spacial score (nSPS) is 12.1. The third-order valence-corrected chi connectivity index (χ3v) is 4.94. The van der Waals surface area contributed by atoms with Crippen molar-refractivity contribution in [2.45, 2.75) is 32.9 Å². The minimum absolute atomic E-state index is 0.215. The van der Waals surface area contributed by atoms with Gasteiger partial charge in [0.2, 0.25) is 11.9 Å². The third-order valence-electron chi connectivity index (χ3n) is 3.88. The Morgan fingerprint density at radius 1 is 1.12 bits per heavy atom. The van der Waals surface area contributed by atoms with E-state index >= 15 is 0 Å². The standard InChI is InChI=1S/C18H22N6S/c1-3-13-7-4-5-8-14(13)21-18-23-16(22-17(19)24-18)11-20-12(2)15-9-6-10-25-15/h4-10,12,20H,3,11H2,1-2H3,(H3,19,21,22,23,24)/t12-/m1/s1. The minimum Gasteiger partial charge on any atom is -0.368 e. The molecule has 0 spiro atoms. The Labute approximate surface area is 151 Å². The van der Waals surface area contributed by atoms with Gasteiger partial charge in [-0.15, -0.1) is 11.3 Å². The molecule has 0 saturated carbocycles. The number of benzene rings is 1. The average molecular weight is 354 g/mol. The van der Waals surface area contributed by atoms with Crippen LogP contribution in [0, 0.1) is 0 Å². The summed E-state index contributed by atoms with van der Waals surface area (Å²) in [4.78, 5) is 14.2. The van der Waals surface area contributed by atoms with Crippen molar-refractivity contribution in [3.8, 4) is 0 Å². The molecular weight excluding hydrogens is 332 g/mol. The Morgan fingerprint density at radius 2 is 1.96 bits per heavy atom. The maximum Gasteiger partial charge on any atom is 0.232 e. The van der Waals surface area contributed by atoms with E-state index in [4.69, 9.17) is 5.73 Å². The first-order valence-corrected chi connectivity index (χ1v) is 9.15. The van der Waals surface area contributed by atoms with Crippen molar-refractivity contribution in [1.29, 1.82) is 0 Å². The Bertz CT molecular complexity index is 818. The number of anilines is 3. The van der Waals surface area contributed by atoms with Crippen molar-refractivity contribution in [3.63, 3.8) is 0 Å². The maximum absolute atomic E-state index is 5.86. The summed E-state index contributed by atoms with van der Waals surface area (Å²) in [5.41, 5.74) is 8.05. The predicted octanol–water partition coefficient (Wildman–Crippen LogP) is 3.67. The van der Waals surface area contributed by atoms with E-state index in [1.165, 1.54) is 10.4 Å². The summed E-state index contributed by atoms with van der Waals surface area (Å²) in [6.07, 6.45) is 0.927. The van der Waals surface area contributed by atoms with Crippen molar-refractivity contribution in [1.82, 2.24) is 20.3 Å². The van der Waals surface area contributed by atoms with Crippen molar-refractivity contribution in [3.05, 3.63) is 58.0 Å². The molecule has 1 aromatic carbocycles. The van der Waals surface area contributed by atoms with Gasteiger partial charge in [0.1, 0.15) is 5.82 Å². The van der Waals surface area contributed by atoms with Gasteiger partial charge in [0, 0.05) is 16.6 Å². The highest BCUT2D eigenvalue weighted by Gasteiger charge is 2.10. The Balaban J connectivity index is 1.72. The Kier molecular flexibility index (Phi) is 5.57. The van der Waals surface area contributed by atoms with Crippen LogP contribution in [0.3, 0.4) is 0 Å². The second kappa shape index (κ2) is 8.04. The van der Waals surface area contributed by atoms with Gasteiger partial charge in [-0.05, 0) is 36.4 Å². The van der Waals surface area contributed by atoms with Gasteiger partial charge in [0.05, 0.1) is 6.54 Å². The lowest BCUT2D eigenvalue weighted by Gasteiger charge is -2.13. The topological polar surface area (TPSA) is 88.8 Å². The molecule has 2 aromatic heterocycles. The smallest absolute Gasteiger partial charge is 0.232 e. The Hall–Kier alpha value is -2.51. The summed E-state index contributed by atoms with van der Waals surface area (Å²) in [6, 6.07) is 12.5. The zero-order chi connectivity index (χ0) is 17.6. The van der Waals surface area contributed by atoms with Gasteiger partial charge in [-0.1, -0.05) is 31.2 Å². The number of nitrogens with one attached hydrogen (secondary N) is 2. The highest BCUT2D eigenvalue weighted by atomic mass is 32.1. The fraction of sp³-hybridized carbons (Fsp3) is 0.278. The van der Waals surface area contributed by atoms with Crippen LogP contribution in [0.2, 0.25) is 0 Å². The molecule has 0 saturated heterocycles. The van der Waals surface area contributed by atoms with Gasteiger partial charge in [0.15, 0.2) is 0 Å². The number of hydrogen-bond acceptors (Lipinski definition) is 7. The van der Waals surface area contributed by atoms with Crippen LogP contribution in [0.5, 0.6) is 0 Å². The van der Waals surface area contributed by atoms with E-state index in [-0.39, 0.29) is 12.0 Å². The predicted molar refractivity (Wildman–Crippen MR) is 103 cm³/mol. The van der Waals surface area contributed by atoms with E-state index in [1.54, 1.807) is 11.3 Å². The van der Waals surface area contributed by atoms with E-state index < -0.39 is 0 Å². The van der Waals surface area contributed by atoms with Gasteiger partial charge in [-0.2, -0.15) is 15.0 Å². The summed E-state index contributed by atoms with van der Waals surface area (Å²) >= 11 is 1.73. The average Bonchev–Trinajstić information content (AvgIpc) is 3.14. The monoisotopic (exact) mass is 354 g/mol. The second-order valence-electron chi connectivity index (χ2n) is 5.69. The number of aromatic nitrogens is 3. The number of hydrogen-bond donors (Lipinski definition) is 3. The molecule has 4 N–H and O–H groups in total. The first kappa shape index (κ1) is 17.3. The molecule has 2 heterocycles. The van der Waals surface area contributed by atoms with Crippen molar-refractivity contribution >= 4 is 28.9 Å². The van der Waals surface area contributed by atoms with Crippen LogP contribution in [0.4, 0.5) is 17.6 Å². The van der Waals surface area contributed by atoms with Gasteiger partial charge < -0.3 is 16.4 Å². The molecule has 0 aliphatic carbocycles. The summed E-state index contributed by atoms with van der Waals surface area (Å²) in [6.45, 7) is 4.76. The molecule has 6 nitrogen and oxygen atoms in total. The fourth-order valence-electron chi connectivity index (χ4n) is 2.53. The van der Waals surface area contributed by atoms with E-state index in [0.717, 1.165) is 12.1 Å². The number of nitrogen functional groups attached to an aromatic ring is 1.